The van der Waals surface area contributed by atoms with Crippen molar-refractivity contribution in [2.75, 3.05) is 12.4 Å². The van der Waals surface area contributed by atoms with Gasteiger partial charge in [-0.1, -0.05) is 32.2 Å². The monoisotopic (exact) mass is 706 g/mol. The second kappa shape index (κ2) is 15.9. The Bertz CT molecular complexity index is 1350. The number of phenolic OH excluding ortho intramolecular Hbond substituents is 1. The SMILES string of the molecule is CC.CNc1ccc(F)cc1.Cc1cc2nccc(Oc3ccc(O)cc3F)c2cc1C.[NH-]C1(C=O)CC1.[W]. The summed E-state index contributed by atoms with van der Waals surface area (Å²) < 4.78 is 31.6. The third kappa shape index (κ3) is 10.4. The summed E-state index contributed by atoms with van der Waals surface area (Å²) >= 11 is 0. The molecule has 1 heterocycles. The molecule has 0 unspecified atom stereocenters. The number of nitrogens with one attached hydrogen (secondary N) is 2. The van der Waals surface area contributed by atoms with E-state index in [-0.39, 0.29) is 38.4 Å². The number of carbonyl (C=O) groups excluding carboxylic acids is 1. The second-order valence-electron chi connectivity index (χ2n) is 8.51. The number of aromatic hydroxyl groups is 1. The Balaban J connectivity index is 0.000000348. The fraction of sp³-hybridized carbons (Fsp3) is 0.267. The molecule has 1 aliphatic rings. The predicted octanol–water partition coefficient (Wildman–Crippen LogP) is 8.15. The van der Waals surface area contributed by atoms with Crippen LogP contribution in [0.1, 0.15) is 37.8 Å². The topological polar surface area (TPSA) is 95.2 Å². The first-order valence-corrected chi connectivity index (χ1v) is 12.3. The number of anilines is 1. The molecule has 9 heteroatoms. The third-order valence-corrected chi connectivity index (χ3v) is 5.60. The van der Waals surface area contributed by atoms with E-state index in [0.29, 0.717) is 12.0 Å². The standard InChI is InChI=1S/C17H14FNO2.C7H8FN.C4H6NO.C2H6.W/c1-10-7-13-15(8-11(10)2)19-6-5-16(13)21-17-4-3-12(20)9-14(17)18;1-9-7-4-2-6(8)3-5-7;5-4(3-6)1-2-4;1-2;/h3-9,20H,1-2H3;2-5,9H,1H3;3,5H,1-2H2;1-2H3;/q;;-1;;. The van der Waals surface area contributed by atoms with Gasteiger partial charge in [-0.3, -0.25) is 4.98 Å². The average Bonchev–Trinajstić information content (AvgIpc) is 3.67. The number of nitrogens with zero attached hydrogens (tertiary/aromatic N) is 1. The first-order valence-electron chi connectivity index (χ1n) is 12.3. The number of phenols is 1. The van der Waals surface area contributed by atoms with Crippen molar-refractivity contribution in [3.8, 4) is 17.2 Å². The van der Waals surface area contributed by atoms with Crippen LogP contribution in [-0.2, 0) is 25.9 Å². The van der Waals surface area contributed by atoms with Crippen molar-refractivity contribution in [3.63, 3.8) is 0 Å². The molecule has 0 atom stereocenters. The summed E-state index contributed by atoms with van der Waals surface area (Å²) in [5.74, 6) is -0.338. The van der Waals surface area contributed by atoms with Crippen LogP contribution < -0.4 is 10.1 Å². The molecular weight excluding hydrogens is 672 g/mol. The van der Waals surface area contributed by atoms with Crippen LogP contribution >= 0.6 is 0 Å². The van der Waals surface area contributed by atoms with E-state index in [0.717, 1.165) is 46.6 Å². The number of hydrogen-bond acceptors (Lipinski definition) is 5. The molecule has 3 aromatic carbocycles. The number of aldehydes is 1. The second-order valence-corrected chi connectivity index (χ2v) is 8.51. The zero-order chi connectivity index (χ0) is 28.3. The van der Waals surface area contributed by atoms with Crippen LogP contribution in [0.5, 0.6) is 17.2 Å². The molecular formula is C30H34F2N3O3W-. The molecule has 39 heavy (non-hydrogen) atoms. The number of fused-ring (bicyclic) bond motifs is 1. The van der Waals surface area contributed by atoms with Crippen molar-refractivity contribution < 1.29 is 44.5 Å². The van der Waals surface area contributed by atoms with Crippen LogP contribution in [0.3, 0.4) is 0 Å². The van der Waals surface area contributed by atoms with Crippen molar-refractivity contribution >= 4 is 22.9 Å². The Kier molecular flexibility index (Phi) is 13.7. The normalized spacial score (nSPS) is 12.1. The zero-order valence-electron chi connectivity index (χ0n) is 22.7. The Morgan fingerprint density at radius 1 is 0.974 bits per heavy atom. The van der Waals surface area contributed by atoms with Crippen LogP contribution in [0.15, 0.2) is 66.9 Å². The summed E-state index contributed by atoms with van der Waals surface area (Å²) in [6.07, 6.45) is 3.89. The fourth-order valence-electron chi connectivity index (χ4n) is 3.03. The zero-order valence-corrected chi connectivity index (χ0v) is 25.7. The van der Waals surface area contributed by atoms with E-state index >= 15 is 0 Å². The molecule has 1 fully saturated rings. The van der Waals surface area contributed by atoms with Crippen molar-refractivity contribution in [3.05, 3.63) is 95.4 Å². The summed E-state index contributed by atoms with van der Waals surface area (Å²) in [7, 11) is 1.80. The number of benzene rings is 3. The van der Waals surface area contributed by atoms with Gasteiger partial charge in [0.1, 0.15) is 23.6 Å². The Hall–Kier alpha value is -3.35. The van der Waals surface area contributed by atoms with Crippen molar-refractivity contribution in [1.29, 1.82) is 0 Å². The van der Waals surface area contributed by atoms with E-state index in [1.54, 1.807) is 31.4 Å². The number of hydrogen-bond donors (Lipinski definition) is 2. The van der Waals surface area contributed by atoms with Gasteiger partial charge in [0.25, 0.3) is 0 Å². The Labute approximate surface area is 242 Å². The molecule has 1 aromatic heterocycles. The summed E-state index contributed by atoms with van der Waals surface area (Å²) in [6.45, 7) is 8.02. The van der Waals surface area contributed by atoms with Gasteiger partial charge in [-0.2, -0.15) is 0 Å². The minimum Gasteiger partial charge on any atom is -0.666 e. The van der Waals surface area contributed by atoms with Gasteiger partial charge in [-0.15, -0.1) is 0 Å². The molecule has 0 bridgehead atoms. The maximum absolute atomic E-state index is 13.8. The van der Waals surface area contributed by atoms with Crippen LogP contribution in [-0.4, -0.2) is 29.0 Å². The summed E-state index contributed by atoms with van der Waals surface area (Å²) in [5, 5.41) is 13.0. The van der Waals surface area contributed by atoms with Crippen LogP contribution in [0, 0.1) is 25.5 Å². The van der Waals surface area contributed by atoms with E-state index < -0.39 is 11.4 Å². The van der Waals surface area contributed by atoms with Gasteiger partial charge in [-0.05, 0) is 79.6 Å². The first kappa shape index (κ1) is 33.7. The number of rotatable bonds is 4. The quantitative estimate of drug-likeness (QED) is 0.209. The van der Waals surface area contributed by atoms with E-state index in [2.05, 4.69) is 10.3 Å². The molecule has 1 aliphatic carbocycles. The Morgan fingerprint density at radius 2 is 1.59 bits per heavy atom. The van der Waals surface area contributed by atoms with Gasteiger partial charge in [0.05, 0.1) is 5.52 Å². The number of ether oxygens (including phenoxy) is 1. The number of aryl methyl sites for hydroxylation is 2. The molecule has 0 saturated heterocycles. The molecule has 0 amide bonds. The maximum Gasteiger partial charge on any atom is 0.169 e. The average molecular weight is 706 g/mol. The molecule has 0 aliphatic heterocycles. The Morgan fingerprint density at radius 3 is 2.10 bits per heavy atom. The smallest absolute Gasteiger partial charge is 0.169 e. The number of halogens is 2. The van der Waals surface area contributed by atoms with Crippen LogP contribution in [0.25, 0.3) is 16.6 Å². The van der Waals surface area contributed by atoms with Gasteiger partial charge in [0, 0.05) is 51.4 Å². The number of carbonyl (C=O) groups is 1. The largest absolute Gasteiger partial charge is 0.666 e. The molecule has 4 aromatic rings. The summed E-state index contributed by atoms with van der Waals surface area (Å²) in [4.78, 5) is 14.0. The molecule has 6 nitrogen and oxygen atoms in total. The first-order chi connectivity index (χ1) is 18.1. The van der Waals surface area contributed by atoms with Gasteiger partial charge >= 0.3 is 0 Å². The molecule has 5 rings (SSSR count). The van der Waals surface area contributed by atoms with Gasteiger partial charge in [-0.25, -0.2) is 8.78 Å². The van der Waals surface area contributed by atoms with Crippen LogP contribution in [0.4, 0.5) is 14.5 Å². The van der Waals surface area contributed by atoms with E-state index in [1.165, 1.54) is 24.3 Å². The van der Waals surface area contributed by atoms with Crippen molar-refractivity contribution in [2.45, 2.75) is 46.1 Å². The van der Waals surface area contributed by atoms with E-state index in [4.69, 9.17) is 10.5 Å². The molecule has 208 valence electrons. The van der Waals surface area contributed by atoms with Crippen molar-refractivity contribution in [2.24, 2.45) is 0 Å². The van der Waals surface area contributed by atoms with Gasteiger partial charge in [0.15, 0.2) is 11.6 Å². The number of aromatic nitrogens is 1. The van der Waals surface area contributed by atoms with Crippen molar-refractivity contribution in [1.82, 2.24) is 4.98 Å². The van der Waals surface area contributed by atoms with E-state index in [9.17, 15) is 18.7 Å². The molecule has 3 N–H and O–H groups in total. The predicted molar refractivity (Wildman–Crippen MR) is 149 cm³/mol. The van der Waals surface area contributed by atoms with Gasteiger partial charge < -0.3 is 25.7 Å². The molecule has 0 spiro atoms. The minimum atomic E-state index is -0.639. The van der Waals surface area contributed by atoms with E-state index in [1.807, 2.05) is 39.8 Å². The maximum atomic E-state index is 13.8. The molecule has 1 saturated carbocycles. The third-order valence-electron chi connectivity index (χ3n) is 5.60. The number of pyridine rings is 1. The summed E-state index contributed by atoms with van der Waals surface area (Å²) in [5.41, 5.74) is 10.3. The molecule has 0 radical (unpaired) electrons. The van der Waals surface area contributed by atoms with Crippen LogP contribution in [0.2, 0.25) is 0 Å². The van der Waals surface area contributed by atoms with Gasteiger partial charge in [0.2, 0.25) is 0 Å². The summed E-state index contributed by atoms with van der Waals surface area (Å²) in [6, 6.07) is 15.7. The minimum absolute atomic E-state index is 0. The fourth-order valence-corrected chi connectivity index (χ4v) is 3.03.